The summed E-state index contributed by atoms with van der Waals surface area (Å²) in [4.78, 5) is 34.6. The summed E-state index contributed by atoms with van der Waals surface area (Å²) in [6, 6.07) is 5.42. The summed E-state index contributed by atoms with van der Waals surface area (Å²) in [6.45, 7) is 7.23. The van der Waals surface area contributed by atoms with E-state index in [4.69, 9.17) is 4.74 Å². The zero-order chi connectivity index (χ0) is 17.2. The molecule has 0 atom stereocenters. The van der Waals surface area contributed by atoms with Crippen molar-refractivity contribution in [2.24, 2.45) is 0 Å². The Balaban J connectivity index is 2.10. The fourth-order valence-corrected chi connectivity index (χ4v) is 2.42. The van der Waals surface area contributed by atoms with E-state index in [1.807, 2.05) is 13.0 Å². The molecule has 1 saturated heterocycles. The second-order valence-corrected chi connectivity index (χ2v) is 6.65. The highest BCUT2D eigenvalue weighted by Gasteiger charge is 2.28. The van der Waals surface area contributed by atoms with Crippen LogP contribution in [0.5, 0.6) is 0 Å². The number of cyclic esters (lactones) is 2. The summed E-state index contributed by atoms with van der Waals surface area (Å²) in [5, 5.41) is 2.69. The predicted octanol–water partition coefficient (Wildman–Crippen LogP) is 3.29. The number of ether oxygens (including phenoxy) is 2. The topological polar surface area (TPSA) is 81.7 Å². The van der Waals surface area contributed by atoms with Gasteiger partial charge in [-0.1, -0.05) is 12.1 Å². The molecule has 1 fully saturated rings. The third kappa shape index (κ3) is 4.81. The maximum absolute atomic E-state index is 11.8. The van der Waals surface area contributed by atoms with Crippen molar-refractivity contribution in [2.75, 3.05) is 5.32 Å². The Morgan fingerprint density at radius 1 is 1.22 bits per heavy atom. The van der Waals surface area contributed by atoms with Crippen LogP contribution in [0.15, 0.2) is 18.2 Å². The number of benzene rings is 1. The first kappa shape index (κ1) is 17.0. The molecule has 1 aromatic carbocycles. The zero-order valence-corrected chi connectivity index (χ0v) is 13.8. The normalized spacial score (nSPS) is 16.0. The number of amides is 1. The van der Waals surface area contributed by atoms with Crippen LogP contribution in [0.2, 0.25) is 0 Å². The number of nitrogens with one attached hydrogen (secondary N) is 1. The number of rotatable bonds is 2. The summed E-state index contributed by atoms with van der Waals surface area (Å²) >= 11 is 0. The van der Waals surface area contributed by atoms with Gasteiger partial charge in [0.2, 0.25) is 0 Å². The highest BCUT2D eigenvalue weighted by atomic mass is 16.6. The van der Waals surface area contributed by atoms with Crippen molar-refractivity contribution in [3.8, 4) is 0 Å². The summed E-state index contributed by atoms with van der Waals surface area (Å²) in [5.74, 6) is -1.18. The van der Waals surface area contributed by atoms with Gasteiger partial charge in [0.25, 0.3) is 0 Å². The van der Waals surface area contributed by atoms with Gasteiger partial charge in [0, 0.05) is 11.6 Å². The number of esters is 2. The minimum absolute atomic E-state index is 0.182. The van der Waals surface area contributed by atoms with Gasteiger partial charge >= 0.3 is 18.0 Å². The fourth-order valence-electron chi connectivity index (χ4n) is 2.42. The van der Waals surface area contributed by atoms with E-state index in [1.165, 1.54) is 0 Å². The molecule has 6 heteroatoms. The summed E-state index contributed by atoms with van der Waals surface area (Å²) in [6.07, 6.45) is -0.154. The number of hydrogen-bond donors (Lipinski definition) is 1. The van der Waals surface area contributed by atoms with Gasteiger partial charge in [-0.05, 0) is 44.9 Å². The fraction of sp³-hybridized carbons (Fsp3) is 0.471. The molecule has 1 N–H and O–H groups in total. The van der Waals surface area contributed by atoms with Crippen LogP contribution in [0.25, 0.3) is 0 Å². The maximum Gasteiger partial charge on any atom is 0.412 e. The first-order chi connectivity index (χ1) is 10.6. The Hall–Kier alpha value is -2.37. The summed E-state index contributed by atoms with van der Waals surface area (Å²) in [5.41, 5.74) is 1.77. The first-order valence-electron chi connectivity index (χ1n) is 7.48. The second-order valence-electron chi connectivity index (χ2n) is 6.65. The lowest BCUT2D eigenvalue weighted by atomic mass is 9.90. The Labute approximate surface area is 135 Å². The molecule has 0 spiro atoms. The van der Waals surface area contributed by atoms with Crippen molar-refractivity contribution < 1.29 is 23.9 Å². The van der Waals surface area contributed by atoms with Crippen LogP contribution in [-0.4, -0.2) is 23.6 Å². The molecule has 1 aliphatic heterocycles. The largest absolute Gasteiger partial charge is 0.444 e. The third-order valence-corrected chi connectivity index (χ3v) is 3.41. The molecular weight excluding hydrogens is 298 g/mol. The minimum Gasteiger partial charge on any atom is -0.444 e. The molecule has 1 heterocycles. The standard InChI is InChI=1S/C17H21NO5/c1-10-7-11(12-8-14(19)22-15(20)9-12)5-6-13(10)18-16(21)23-17(2,3)4/h5-7,12H,8-9H2,1-4H3,(H,18,21). The predicted molar refractivity (Wildman–Crippen MR) is 84.1 cm³/mol. The van der Waals surface area contributed by atoms with Crippen molar-refractivity contribution in [3.63, 3.8) is 0 Å². The van der Waals surface area contributed by atoms with E-state index in [9.17, 15) is 14.4 Å². The molecule has 1 aliphatic rings. The number of carbonyl (C=O) groups excluding carboxylic acids is 3. The highest BCUT2D eigenvalue weighted by Crippen LogP contribution is 2.30. The van der Waals surface area contributed by atoms with Gasteiger partial charge in [0.05, 0.1) is 12.8 Å². The Morgan fingerprint density at radius 2 is 1.83 bits per heavy atom. The van der Waals surface area contributed by atoms with E-state index < -0.39 is 23.6 Å². The van der Waals surface area contributed by atoms with Gasteiger partial charge in [0.15, 0.2) is 0 Å². The van der Waals surface area contributed by atoms with Crippen molar-refractivity contribution >= 4 is 23.7 Å². The van der Waals surface area contributed by atoms with Gasteiger partial charge in [-0.2, -0.15) is 0 Å². The average Bonchev–Trinajstić information content (AvgIpc) is 2.37. The van der Waals surface area contributed by atoms with Crippen LogP contribution < -0.4 is 5.32 Å². The summed E-state index contributed by atoms with van der Waals surface area (Å²) in [7, 11) is 0. The van der Waals surface area contributed by atoms with Gasteiger partial charge in [-0.25, -0.2) is 4.79 Å². The van der Waals surface area contributed by atoms with Gasteiger partial charge in [-0.15, -0.1) is 0 Å². The molecule has 0 bridgehead atoms. The highest BCUT2D eigenvalue weighted by molar-refractivity contribution is 5.89. The van der Waals surface area contributed by atoms with Crippen molar-refractivity contribution in [3.05, 3.63) is 29.3 Å². The van der Waals surface area contributed by atoms with Crippen molar-refractivity contribution in [1.29, 1.82) is 0 Å². The van der Waals surface area contributed by atoms with Crippen molar-refractivity contribution in [1.82, 2.24) is 0 Å². The van der Waals surface area contributed by atoms with Crippen LogP contribution in [0, 0.1) is 6.92 Å². The van der Waals surface area contributed by atoms with E-state index in [2.05, 4.69) is 10.1 Å². The molecule has 1 amide bonds. The van der Waals surface area contributed by atoms with E-state index in [0.29, 0.717) is 5.69 Å². The monoisotopic (exact) mass is 319 g/mol. The summed E-state index contributed by atoms with van der Waals surface area (Å²) < 4.78 is 9.75. The Kier molecular flexibility index (Phi) is 4.73. The Morgan fingerprint density at radius 3 is 2.35 bits per heavy atom. The third-order valence-electron chi connectivity index (χ3n) is 3.41. The molecule has 0 aliphatic carbocycles. The quantitative estimate of drug-likeness (QED) is 0.668. The van der Waals surface area contributed by atoms with Crippen LogP contribution in [0.4, 0.5) is 10.5 Å². The molecule has 0 aromatic heterocycles. The molecule has 0 unspecified atom stereocenters. The number of aryl methyl sites for hydroxylation is 1. The number of carbonyl (C=O) groups is 3. The van der Waals surface area contributed by atoms with Gasteiger partial charge in [-0.3, -0.25) is 14.9 Å². The molecule has 124 valence electrons. The lowest BCUT2D eigenvalue weighted by Crippen LogP contribution is -2.27. The smallest absolute Gasteiger partial charge is 0.412 e. The maximum atomic E-state index is 11.8. The van der Waals surface area contributed by atoms with E-state index in [0.717, 1.165) is 11.1 Å². The van der Waals surface area contributed by atoms with Gasteiger partial charge in [0.1, 0.15) is 5.60 Å². The molecule has 6 nitrogen and oxygen atoms in total. The molecular formula is C17H21NO5. The minimum atomic E-state index is -0.569. The van der Waals surface area contributed by atoms with Gasteiger partial charge < -0.3 is 9.47 Å². The van der Waals surface area contributed by atoms with E-state index in [-0.39, 0.29) is 18.8 Å². The number of hydrogen-bond acceptors (Lipinski definition) is 5. The van der Waals surface area contributed by atoms with E-state index in [1.54, 1.807) is 32.9 Å². The number of anilines is 1. The SMILES string of the molecule is Cc1cc(C2CC(=O)OC(=O)C2)ccc1NC(=O)OC(C)(C)C. The average molecular weight is 319 g/mol. The molecule has 0 saturated carbocycles. The van der Waals surface area contributed by atoms with Crippen LogP contribution in [0.3, 0.4) is 0 Å². The Bertz CT molecular complexity index is 629. The first-order valence-corrected chi connectivity index (χ1v) is 7.48. The molecule has 0 radical (unpaired) electrons. The van der Waals surface area contributed by atoms with Crippen LogP contribution in [0.1, 0.15) is 50.7 Å². The zero-order valence-electron chi connectivity index (χ0n) is 13.8. The lowest BCUT2D eigenvalue weighted by molar-refractivity contribution is -0.163. The van der Waals surface area contributed by atoms with E-state index >= 15 is 0 Å². The second kappa shape index (κ2) is 6.40. The molecule has 2 rings (SSSR count). The molecule has 1 aromatic rings. The van der Waals surface area contributed by atoms with Crippen LogP contribution >= 0.6 is 0 Å². The van der Waals surface area contributed by atoms with Crippen molar-refractivity contribution in [2.45, 2.75) is 52.1 Å². The molecule has 23 heavy (non-hydrogen) atoms. The van der Waals surface area contributed by atoms with Crippen LogP contribution in [-0.2, 0) is 19.1 Å². The lowest BCUT2D eigenvalue weighted by Gasteiger charge is -2.22.